The van der Waals surface area contributed by atoms with E-state index in [1.165, 1.54) is 12.8 Å². The SMILES string of the molecule is CCCCCCOCOC(=O)c1[nH]c2ccccc2c1CO. The van der Waals surface area contributed by atoms with E-state index in [0.29, 0.717) is 17.9 Å². The molecule has 0 saturated carbocycles. The molecule has 5 heteroatoms. The molecule has 0 atom stereocenters. The Morgan fingerprint density at radius 3 is 2.82 bits per heavy atom. The lowest BCUT2D eigenvalue weighted by Crippen LogP contribution is -2.11. The van der Waals surface area contributed by atoms with E-state index < -0.39 is 5.97 Å². The Labute approximate surface area is 130 Å². The van der Waals surface area contributed by atoms with Crippen LogP contribution in [0.4, 0.5) is 0 Å². The lowest BCUT2D eigenvalue weighted by atomic mass is 10.1. The smallest absolute Gasteiger partial charge is 0.357 e. The van der Waals surface area contributed by atoms with Crippen LogP contribution in [0.1, 0.15) is 48.7 Å². The first-order valence-corrected chi connectivity index (χ1v) is 7.73. The summed E-state index contributed by atoms with van der Waals surface area (Å²) in [6.07, 6.45) is 4.47. The minimum absolute atomic E-state index is 0.0643. The highest BCUT2D eigenvalue weighted by molar-refractivity contribution is 5.98. The van der Waals surface area contributed by atoms with Gasteiger partial charge in [-0.25, -0.2) is 4.79 Å². The fourth-order valence-electron chi connectivity index (χ4n) is 2.40. The number of aliphatic hydroxyl groups is 1. The van der Waals surface area contributed by atoms with Gasteiger partial charge in [-0.1, -0.05) is 44.4 Å². The monoisotopic (exact) mass is 305 g/mol. The van der Waals surface area contributed by atoms with E-state index in [2.05, 4.69) is 11.9 Å². The highest BCUT2D eigenvalue weighted by Crippen LogP contribution is 2.22. The third-order valence-electron chi connectivity index (χ3n) is 3.59. The Morgan fingerprint density at radius 1 is 1.23 bits per heavy atom. The topological polar surface area (TPSA) is 71.5 Å². The predicted molar refractivity (Wildman–Crippen MR) is 84.6 cm³/mol. The molecule has 2 rings (SSSR count). The van der Waals surface area contributed by atoms with Crippen LogP contribution in [-0.2, 0) is 16.1 Å². The zero-order chi connectivity index (χ0) is 15.8. The van der Waals surface area contributed by atoms with Crippen LogP contribution >= 0.6 is 0 Å². The van der Waals surface area contributed by atoms with E-state index in [0.717, 1.165) is 23.7 Å². The van der Waals surface area contributed by atoms with Gasteiger partial charge in [0.2, 0.25) is 0 Å². The predicted octanol–water partition coefficient (Wildman–Crippen LogP) is 3.37. The van der Waals surface area contributed by atoms with Gasteiger partial charge in [0.1, 0.15) is 5.69 Å². The lowest BCUT2D eigenvalue weighted by Gasteiger charge is -2.06. The average Bonchev–Trinajstić information content (AvgIpc) is 2.92. The molecule has 120 valence electrons. The van der Waals surface area contributed by atoms with E-state index in [1.54, 1.807) is 0 Å². The highest BCUT2D eigenvalue weighted by Gasteiger charge is 2.18. The quantitative estimate of drug-likeness (QED) is 0.423. The Hall–Kier alpha value is -1.85. The molecule has 2 aromatic rings. The number of rotatable bonds is 9. The van der Waals surface area contributed by atoms with Gasteiger partial charge in [0, 0.05) is 16.5 Å². The van der Waals surface area contributed by atoms with Crippen molar-refractivity contribution in [3.63, 3.8) is 0 Å². The van der Waals surface area contributed by atoms with E-state index in [-0.39, 0.29) is 13.4 Å². The number of aliphatic hydroxyl groups excluding tert-OH is 1. The van der Waals surface area contributed by atoms with Crippen LogP contribution in [0.25, 0.3) is 10.9 Å². The maximum Gasteiger partial charge on any atom is 0.357 e. The van der Waals surface area contributed by atoms with Gasteiger partial charge in [-0.2, -0.15) is 0 Å². The van der Waals surface area contributed by atoms with Gasteiger partial charge in [0.25, 0.3) is 0 Å². The summed E-state index contributed by atoms with van der Waals surface area (Å²) in [4.78, 5) is 15.1. The molecule has 1 aromatic carbocycles. The van der Waals surface area contributed by atoms with Crippen molar-refractivity contribution < 1.29 is 19.4 Å². The first-order valence-electron chi connectivity index (χ1n) is 7.73. The summed E-state index contributed by atoms with van der Waals surface area (Å²) in [7, 11) is 0. The maximum absolute atomic E-state index is 12.1. The molecule has 0 amide bonds. The van der Waals surface area contributed by atoms with Gasteiger partial charge < -0.3 is 19.6 Å². The maximum atomic E-state index is 12.1. The number of fused-ring (bicyclic) bond motifs is 1. The van der Waals surface area contributed by atoms with Crippen molar-refractivity contribution in [2.75, 3.05) is 13.4 Å². The lowest BCUT2D eigenvalue weighted by molar-refractivity contribution is -0.0328. The van der Waals surface area contributed by atoms with Gasteiger partial charge in [0.15, 0.2) is 6.79 Å². The molecule has 5 nitrogen and oxygen atoms in total. The number of carbonyl (C=O) groups excluding carboxylic acids is 1. The molecule has 22 heavy (non-hydrogen) atoms. The third kappa shape index (κ3) is 4.08. The van der Waals surface area contributed by atoms with Gasteiger partial charge in [-0.3, -0.25) is 0 Å². The number of carbonyl (C=O) groups is 1. The number of esters is 1. The summed E-state index contributed by atoms with van der Waals surface area (Å²) in [6.45, 7) is 2.46. The molecule has 0 unspecified atom stereocenters. The van der Waals surface area contributed by atoms with Crippen LogP contribution in [0, 0.1) is 0 Å². The van der Waals surface area contributed by atoms with Crippen LogP contribution in [-0.4, -0.2) is 29.5 Å². The third-order valence-corrected chi connectivity index (χ3v) is 3.59. The Balaban J connectivity index is 1.87. The second-order valence-electron chi connectivity index (χ2n) is 5.20. The highest BCUT2D eigenvalue weighted by atomic mass is 16.7. The Morgan fingerprint density at radius 2 is 2.05 bits per heavy atom. The molecule has 2 N–H and O–H groups in total. The van der Waals surface area contributed by atoms with Crippen molar-refractivity contribution in [3.8, 4) is 0 Å². The normalized spacial score (nSPS) is 11.0. The summed E-state index contributed by atoms with van der Waals surface area (Å²) in [5.74, 6) is -0.506. The number of para-hydroxylation sites is 1. The van der Waals surface area contributed by atoms with Gasteiger partial charge in [-0.15, -0.1) is 0 Å². The molecular formula is C17H23NO4. The molecule has 0 spiro atoms. The van der Waals surface area contributed by atoms with Crippen LogP contribution in [0.2, 0.25) is 0 Å². The standard InChI is InChI=1S/C17H23NO4/c1-2-3-4-7-10-21-12-22-17(20)16-14(11-19)13-8-5-6-9-15(13)18-16/h5-6,8-9,18-19H,2-4,7,10-12H2,1H3. The summed E-state index contributed by atoms with van der Waals surface area (Å²) in [5.41, 5.74) is 1.65. The molecule has 0 aliphatic heterocycles. The van der Waals surface area contributed by atoms with E-state index in [4.69, 9.17) is 9.47 Å². The van der Waals surface area contributed by atoms with Gasteiger partial charge in [0.05, 0.1) is 13.2 Å². The number of aromatic nitrogens is 1. The number of nitrogens with one attached hydrogen (secondary N) is 1. The van der Waals surface area contributed by atoms with E-state index in [9.17, 15) is 9.90 Å². The number of hydrogen-bond acceptors (Lipinski definition) is 4. The molecule has 0 aliphatic carbocycles. The molecular weight excluding hydrogens is 282 g/mol. The average molecular weight is 305 g/mol. The molecule has 1 heterocycles. The second kappa shape index (κ2) is 8.56. The van der Waals surface area contributed by atoms with Crippen LogP contribution < -0.4 is 0 Å². The minimum atomic E-state index is -0.506. The Kier molecular flexibility index (Phi) is 6.43. The summed E-state index contributed by atoms with van der Waals surface area (Å²) in [5, 5.41) is 10.3. The molecule has 0 bridgehead atoms. The fourth-order valence-corrected chi connectivity index (χ4v) is 2.40. The number of H-pyrrole nitrogens is 1. The van der Waals surface area contributed by atoms with Crippen LogP contribution in [0.15, 0.2) is 24.3 Å². The number of benzene rings is 1. The zero-order valence-corrected chi connectivity index (χ0v) is 12.9. The van der Waals surface area contributed by atoms with E-state index >= 15 is 0 Å². The van der Waals surface area contributed by atoms with E-state index in [1.807, 2.05) is 24.3 Å². The minimum Gasteiger partial charge on any atom is -0.434 e. The molecule has 0 fully saturated rings. The number of unbranched alkanes of at least 4 members (excludes halogenated alkanes) is 3. The number of aromatic amines is 1. The summed E-state index contributed by atoms with van der Waals surface area (Å²) >= 11 is 0. The van der Waals surface area contributed by atoms with Crippen molar-refractivity contribution in [2.45, 2.75) is 39.2 Å². The number of hydrogen-bond donors (Lipinski definition) is 2. The first-order chi connectivity index (χ1) is 10.8. The molecule has 0 saturated heterocycles. The molecule has 0 radical (unpaired) electrons. The molecule has 0 aliphatic rings. The van der Waals surface area contributed by atoms with Crippen molar-refractivity contribution in [1.29, 1.82) is 0 Å². The summed E-state index contributed by atoms with van der Waals surface area (Å²) in [6, 6.07) is 7.45. The largest absolute Gasteiger partial charge is 0.434 e. The van der Waals surface area contributed by atoms with Crippen molar-refractivity contribution in [3.05, 3.63) is 35.5 Å². The van der Waals surface area contributed by atoms with Crippen LogP contribution in [0.3, 0.4) is 0 Å². The summed E-state index contributed by atoms with van der Waals surface area (Å²) < 4.78 is 10.4. The zero-order valence-electron chi connectivity index (χ0n) is 12.9. The van der Waals surface area contributed by atoms with Crippen LogP contribution in [0.5, 0.6) is 0 Å². The second-order valence-corrected chi connectivity index (χ2v) is 5.20. The van der Waals surface area contributed by atoms with Crippen molar-refractivity contribution in [2.24, 2.45) is 0 Å². The van der Waals surface area contributed by atoms with Crippen molar-refractivity contribution in [1.82, 2.24) is 4.98 Å². The first kappa shape index (κ1) is 16.5. The van der Waals surface area contributed by atoms with Crippen molar-refractivity contribution >= 4 is 16.9 Å². The Bertz CT molecular complexity index is 606. The van der Waals surface area contributed by atoms with Gasteiger partial charge >= 0.3 is 5.97 Å². The van der Waals surface area contributed by atoms with Gasteiger partial charge in [-0.05, 0) is 12.5 Å². The molecule has 1 aromatic heterocycles. The number of ether oxygens (including phenoxy) is 2. The fraction of sp³-hybridized carbons (Fsp3) is 0.471.